The normalized spacial score (nSPS) is 19.4. The lowest BCUT2D eigenvalue weighted by molar-refractivity contribution is 0.0949. The maximum atomic E-state index is 12.2. The number of hydrogen-bond acceptors (Lipinski definition) is 3. The molecule has 0 aliphatic heterocycles. The summed E-state index contributed by atoms with van der Waals surface area (Å²) in [6.07, 6.45) is 5.50. The fourth-order valence-corrected chi connectivity index (χ4v) is 3.86. The van der Waals surface area contributed by atoms with E-state index < -0.39 is 0 Å². The van der Waals surface area contributed by atoms with E-state index in [1.54, 1.807) is 11.3 Å². The van der Waals surface area contributed by atoms with Gasteiger partial charge in [-0.3, -0.25) is 4.79 Å². The number of hydrogen-bond donors (Lipinski definition) is 2. The van der Waals surface area contributed by atoms with Crippen molar-refractivity contribution in [1.82, 2.24) is 5.32 Å². The van der Waals surface area contributed by atoms with Gasteiger partial charge < -0.3 is 10.4 Å². The number of fused-ring (bicyclic) bond motifs is 1. The number of carbonyl (C=O) groups is 1. The summed E-state index contributed by atoms with van der Waals surface area (Å²) < 4.78 is 0. The molecular weight excluding hydrogens is 270 g/mol. The lowest BCUT2D eigenvalue weighted by Crippen LogP contribution is -2.28. The van der Waals surface area contributed by atoms with Crippen molar-refractivity contribution in [3.8, 4) is 0 Å². The summed E-state index contributed by atoms with van der Waals surface area (Å²) in [5, 5.41) is 11.8. The van der Waals surface area contributed by atoms with Crippen molar-refractivity contribution < 1.29 is 9.90 Å². The van der Waals surface area contributed by atoms with Crippen LogP contribution in [0.5, 0.6) is 0 Å². The summed E-state index contributed by atoms with van der Waals surface area (Å²) >= 11 is 1.66. The van der Waals surface area contributed by atoms with Gasteiger partial charge in [-0.15, -0.1) is 11.3 Å². The second kappa shape index (κ2) is 7.23. The van der Waals surface area contributed by atoms with Crippen LogP contribution in [0.2, 0.25) is 0 Å². The Morgan fingerprint density at radius 2 is 2.40 bits per heavy atom. The predicted octanol–water partition coefficient (Wildman–Crippen LogP) is 3.01. The van der Waals surface area contributed by atoms with Crippen LogP contribution < -0.4 is 5.32 Å². The molecule has 3 nitrogen and oxygen atoms in total. The molecule has 0 spiro atoms. The summed E-state index contributed by atoms with van der Waals surface area (Å²) in [5.41, 5.74) is 1.39. The number of aryl methyl sites for hydroxylation is 1. The number of rotatable bonds is 6. The quantitative estimate of drug-likeness (QED) is 0.847. The van der Waals surface area contributed by atoms with E-state index in [0.29, 0.717) is 12.5 Å². The molecule has 0 aromatic carbocycles. The van der Waals surface area contributed by atoms with Crippen LogP contribution in [-0.2, 0) is 12.8 Å². The second-order valence-electron chi connectivity index (χ2n) is 5.90. The van der Waals surface area contributed by atoms with Crippen molar-refractivity contribution in [2.75, 3.05) is 13.2 Å². The van der Waals surface area contributed by atoms with Crippen LogP contribution in [0.1, 0.15) is 53.2 Å². The topological polar surface area (TPSA) is 49.3 Å². The fraction of sp³-hybridized carbons (Fsp3) is 0.688. The zero-order valence-corrected chi connectivity index (χ0v) is 13.3. The molecular formula is C16H25NO2S. The number of thiophene rings is 1. The van der Waals surface area contributed by atoms with E-state index in [9.17, 15) is 4.79 Å². The first-order chi connectivity index (χ1) is 9.63. The molecule has 1 aromatic heterocycles. The molecule has 0 fully saturated rings. The van der Waals surface area contributed by atoms with Gasteiger partial charge in [0.15, 0.2) is 0 Å². The smallest absolute Gasteiger partial charge is 0.261 e. The molecule has 0 radical (unpaired) electrons. The number of nitrogens with one attached hydrogen (secondary N) is 1. The summed E-state index contributed by atoms with van der Waals surface area (Å²) in [4.78, 5) is 14.4. The van der Waals surface area contributed by atoms with E-state index in [0.717, 1.165) is 30.1 Å². The lowest BCUT2D eigenvalue weighted by atomic mass is 9.87. The van der Waals surface area contributed by atoms with Gasteiger partial charge in [-0.1, -0.05) is 20.3 Å². The number of carbonyl (C=O) groups excluding carboxylic acids is 1. The first-order valence-electron chi connectivity index (χ1n) is 7.64. The van der Waals surface area contributed by atoms with Gasteiger partial charge in [0, 0.05) is 18.0 Å². The molecule has 1 aliphatic carbocycles. The largest absolute Gasteiger partial charge is 0.396 e. The van der Waals surface area contributed by atoms with Gasteiger partial charge in [-0.2, -0.15) is 0 Å². The fourth-order valence-electron chi connectivity index (χ4n) is 2.74. The van der Waals surface area contributed by atoms with Crippen LogP contribution in [0, 0.1) is 11.8 Å². The highest BCUT2D eigenvalue weighted by Gasteiger charge is 2.22. The maximum Gasteiger partial charge on any atom is 0.261 e. The monoisotopic (exact) mass is 295 g/mol. The van der Waals surface area contributed by atoms with E-state index in [4.69, 9.17) is 5.11 Å². The Bertz CT molecular complexity index is 455. The van der Waals surface area contributed by atoms with Crippen molar-refractivity contribution >= 4 is 17.2 Å². The summed E-state index contributed by atoms with van der Waals surface area (Å²) in [5.74, 6) is 1.16. The third-order valence-electron chi connectivity index (χ3n) is 4.22. The van der Waals surface area contributed by atoms with Crippen LogP contribution in [0.25, 0.3) is 0 Å². The van der Waals surface area contributed by atoms with Gasteiger partial charge in [0.1, 0.15) is 0 Å². The molecule has 1 amide bonds. The van der Waals surface area contributed by atoms with Crippen LogP contribution in [0.15, 0.2) is 6.07 Å². The van der Waals surface area contributed by atoms with E-state index in [-0.39, 0.29) is 12.5 Å². The zero-order chi connectivity index (χ0) is 14.5. The Balaban J connectivity index is 1.93. The highest BCUT2D eigenvalue weighted by atomic mass is 32.1. The first kappa shape index (κ1) is 15.5. The van der Waals surface area contributed by atoms with E-state index >= 15 is 0 Å². The Morgan fingerprint density at radius 1 is 1.60 bits per heavy atom. The van der Waals surface area contributed by atoms with Crippen molar-refractivity contribution in [1.29, 1.82) is 0 Å². The Labute approximate surface area is 125 Å². The third kappa shape index (κ3) is 3.83. The number of amides is 1. The molecule has 2 rings (SSSR count). The minimum atomic E-state index is 0.0437. The highest BCUT2D eigenvalue weighted by molar-refractivity contribution is 7.14. The number of aliphatic hydroxyl groups excluding tert-OH is 1. The van der Waals surface area contributed by atoms with Gasteiger partial charge in [0.25, 0.3) is 5.91 Å². The van der Waals surface area contributed by atoms with E-state index in [1.165, 1.54) is 23.3 Å². The van der Waals surface area contributed by atoms with Crippen molar-refractivity contribution in [3.05, 3.63) is 21.4 Å². The van der Waals surface area contributed by atoms with Gasteiger partial charge in [0.2, 0.25) is 0 Å². The van der Waals surface area contributed by atoms with Crippen molar-refractivity contribution in [2.45, 2.75) is 46.0 Å². The highest BCUT2D eigenvalue weighted by Crippen LogP contribution is 2.33. The molecule has 2 unspecified atom stereocenters. The lowest BCUT2D eigenvalue weighted by Gasteiger charge is -2.19. The SMILES string of the molecule is CCC1CCc2sc(C(=O)NCC(C)CCO)cc2C1. The molecule has 4 heteroatoms. The maximum absolute atomic E-state index is 12.2. The molecule has 2 atom stereocenters. The van der Waals surface area contributed by atoms with Gasteiger partial charge in [-0.05, 0) is 49.1 Å². The average molecular weight is 295 g/mol. The molecule has 20 heavy (non-hydrogen) atoms. The summed E-state index contributed by atoms with van der Waals surface area (Å²) in [6.45, 7) is 5.11. The van der Waals surface area contributed by atoms with Crippen molar-refractivity contribution in [2.24, 2.45) is 11.8 Å². The molecule has 1 aliphatic rings. The van der Waals surface area contributed by atoms with Gasteiger partial charge in [0.05, 0.1) is 4.88 Å². The Kier molecular flexibility index (Phi) is 5.61. The summed E-state index contributed by atoms with van der Waals surface area (Å²) in [6, 6.07) is 2.09. The third-order valence-corrected chi connectivity index (χ3v) is 5.45. The summed E-state index contributed by atoms with van der Waals surface area (Å²) in [7, 11) is 0. The first-order valence-corrected chi connectivity index (χ1v) is 8.46. The van der Waals surface area contributed by atoms with Crippen LogP contribution >= 0.6 is 11.3 Å². The molecule has 0 bridgehead atoms. The molecule has 1 aromatic rings. The zero-order valence-electron chi connectivity index (χ0n) is 12.4. The average Bonchev–Trinajstić information content (AvgIpc) is 2.87. The minimum Gasteiger partial charge on any atom is -0.396 e. The van der Waals surface area contributed by atoms with Crippen molar-refractivity contribution in [3.63, 3.8) is 0 Å². The second-order valence-corrected chi connectivity index (χ2v) is 7.04. The predicted molar refractivity (Wildman–Crippen MR) is 83.3 cm³/mol. The van der Waals surface area contributed by atoms with Crippen LogP contribution in [0.3, 0.4) is 0 Å². The van der Waals surface area contributed by atoms with Crippen LogP contribution in [-0.4, -0.2) is 24.2 Å². The Morgan fingerprint density at radius 3 is 3.10 bits per heavy atom. The Hall–Kier alpha value is -0.870. The minimum absolute atomic E-state index is 0.0437. The molecule has 2 N–H and O–H groups in total. The van der Waals surface area contributed by atoms with E-state index in [1.807, 2.05) is 6.92 Å². The number of aliphatic hydroxyl groups is 1. The molecule has 0 saturated carbocycles. The van der Waals surface area contributed by atoms with Gasteiger partial charge >= 0.3 is 0 Å². The molecule has 112 valence electrons. The van der Waals surface area contributed by atoms with E-state index in [2.05, 4.69) is 18.3 Å². The van der Waals surface area contributed by atoms with Gasteiger partial charge in [-0.25, -0.2) is 0 Å². The molecule has 0 saturated heterocycles. The van der Waals surface area contributed by atoms with Crippen LogP contribution in [0.4, 0.5) is 0 Å². The standard InChI is InChI=1S/C16H25NO2S/c1-3-12-4-5-14-13(8-12)9-15(20-14)16(19)17-10-11(2)6-7-18/h9,11-12,18H,3-8,10H2,1-2H3,(H,17,19). The molecule has 1 heterocycles.